The molecule has 0 radical (unpaired) electrons. The molecule has 0 nitrogen and oxygen atoms in total. The second kappa shape index (κ2) is 4.18. The van der Waals surface area contributed by atoms with Crippen LogP contribution in [0.5, 0.6) is 0 Å². The van der Waals surface area contributed by atoms with Crippen molar-refractivity contribution >= 4 is 0 Å². The first kappa shape index (κ1) is 12.2. The number of allylic oxidation sites excluding steroid dienone is 2. The van der Waals surface area contributed by atoms with E-state index in [9.17, 15) is 0 Å². The molecular formula is C21H30. The summed E-state index contributed by atoms with van der Waals surface area (Å²) < 4.78 is 0. The average Bonchev–Trinajstić information content (AvgIpc) is 2.92. The molecule has 0 bridgehead atoms. The normalized spacial score (nSPS) is 63.2. The summed E-state index contributed by atoms with van der Waals surface area (Å²) in [6, 6.07) is 0. The minimum atomic E-state index is 1.00. The molecule has 0 spiro atoms. The lowest BCUT2D eigenvalue weighted by atomic mass is 9.42. The van der Waals surface area contributed by atoms with Crippen LogP contribution in [0.1, 0.15) is 57.8 Å². The molecule has 0 aromatic heterocycles. The molecular weight excluding hydrogens is 252 g/mol. The fourth-order valence-corrected chi connectivity index (χ4v) is 9.04. The molecule has 21 heavy (non-hydrogen) atoms. The molecule has 6 aliphatic carbocycles. The van der Waals surface area contributed by atoms with Crippen molar-refractivity contribution in [3.8, 4) is 0 Å². The Morgan fingerprint density at radius 3 is 2.29 bits per heavy atom. The van der Waals surface area contributed by atoms with Crippen molar-refractivity contribution in [2.75, 3.05) is 0 Å². The van der Waals surface area contributed by atoms with Crippen LogP contribution in [0.2, 0.25) is 0 Å². The minimum absolute atomic E-state index is 1.00. The molecule has 114 valence electrons. The Labute approximate surface area is 129 Å². The number of hydrogen-bond acceptors (Lipinski definition) is 0. The predicted molar refractivity (Wildman–Crippen MR) is 85.6 cm³/mol. The molecule has 0 aliphatic heterocycles. The molecule has 5 fully saturated rings. The Hall–Kier alpha value is -0.260. The van der Waals surface area contributed by atoms with Gasteiger partial charge in [0.2, 0.25) is 0 Å². The van der Waals surface area contributed by atoms with Gasteiger partial charge in [-0.3, -0.25) is 0 Å². The maximum Gasteiger partial charge on any atom is -0.0197 e. The molecule has 0 N–H and O–H groups in total. The van der Waals surface area contributed by atoms with Crippen LogP contribution in [-0.4, -0.2) is 0 Å². The first-order valence-corrected chi connectivity index (χ1v) is 10.1. The van der Waals surface area contributed by atoms with Crippen molar-refractivity contribution in [3.05, 3.63) is 12.2 Å². The lowest BCUT2D eigenvalue weighted by molar-refractivity contribution is -0.137. The van der Waals surface area contributed by atoms with E-state index < -0.39 is 0 Å². The highest BCUT2D eigenvalue weighted by Crippen LogP contribution is 2.69. The van der Waals surface area contributed by atoms with Gasteiger partial charge >= 0.3 is 0 Å². The Kier molecular flexibility index (Phi) is 2.43. The fourth-order valence-electron chi connectivity index (χ4n) is 9.04. The van der Waals surface area contributed by atoms with Crippen LogP contribution in [0.4, 0.5) is 0 Å². The van der Waals surface area contributed by atoms with Gasteiger partial charge in [0.05, 0.1) is 0 Å². The summed E-state index contributed by atoms with van der Waals surface area (Å²) in [5.74, 6) is 11.3. The van der Waals surface area contributed by atoms with Gasteiger partial charge in [-0.05, 0) is 104 Å². The highest BCUT2D eigenvalue weighted by molar-refractivity contribution is 5.17. The topological polar surface area (TPSA) is 0 Å². The van der Waals surface area contributed by atoms with Crippen molar-refractivity contribution < 1.29 is 0 Å². The third kappa shape index (κ3) is 1.44. The summed E-state index contributed by atoms with van der Waals surface area (Å²) in [6.45, 7) is 0. The maximum absolute atomic E-state index is 2.66. The summed E-state index contributed by atoms with van der Waals surface area (Å²) in [4.78, 5) is 0. The Balaban J connectivity index is 1.51. The Bertz CT molecular complexity index is 476. The van der Waals surface area contributed by atoms with E-state index in [1.165, 1.54) is 24.2 Å². The number of hydrogen-bond donors (Lipinski definition) is 0. The zero-order valence-electron chi connectivity index (χ0n) is 13.3. The monoisotopic (exact) mass is 282 g/mol. The lowest BCUT2D eigenvalue weighted by Gasteiger charge is -2.62. The van der Waals surface area contributed by atoms with Gasteiger partial charge in [-0.2, -0.15) is 0 Å². The van der Waals surface area contributed by atoms with Crippen LogP contribution in [0, 0.1) is 59.2 Å². The summed E-state index contributed by atoms with van der Waals surface area (Å²) in [6.07, 6.45) is 19.5. The van der Waals surface area contributed by atoms with Gasteiger partial charge in [0.15, 0.2) is 0 Å². The fraction of sp³-hybridized carbons (Fsp3) is 0.905. The van der Waals surface area contributed by atoms with Gasteiger partial charge in [0.1, 0.15) is 0 Å². The molecule has 0 aromatic rings. The zero-order valence-corrected chi connectivity index (χ0v) is 13.3. The van der Waals surface area contributed by atoms with Gasteiger partial charge in [-0.1, -0.05) is 25.0 Å². The van der Waals surface area contributed by atoms with Gasteiger partial charge in [-0.15, -0.1) is 0 Å². The maximum atomic E-state index is 2.66. The summed E-state index contributed by atoms with van der Waals surface area (Å²) in [7, 11) is 0. The van der Waals surface area contributed by atoms with E-state index in [0.29, 0.717) is 0 Å². The molecule has 10 atom stereocenters. The number of rotatable bonds is 0. The van der Waals surface area contributed by atoms with E-state index in [4.69, 9.17) is 0 Å². The van der Waals surface area contributed by atoms with Gasteiger partial charge in [0.25, 0.3) is 0 Å². The van der Waals surface area contributed by atoms with E-state index in [-0.39, 0.29) is 0 Å². The Morgan fingerprint density at radius 2 is 1.38 bits per heavy atom. The average molecular weight is 282 g/mol. The number of fused-ring (bicyclic) bond motifs is 1. The highest BCUT2D eigenvalue weighted by atomic mass is 14.7. The van der Waals surface area contributed by atoms with E-state index in [1.807, 2.05) is 0 Å². The second-order valence-corrected chi connectivity index (χ2v) is 9.57. The summed E-state index contributed by atoms with van der Waals surface area (Å²) in [5.41, 5.74) is 0. The van der Waals surface area contributed by atoms with Crippen LogP contribution >= 0.6 is 0 Å². The lowest BCUT2D eigenvalue weighted by Crippen LogP contribution is -2.56. The quantitative estimate of drug-likeness (QED) is 0.529. The van der Waals surface area contributed by atoms with E-state index in [2.05, 4.69) is 12.2 Å². The molecule has 5 saturated carbocycles. The first-order chi connectivity index (χ1) is 10.4. The molecule has 0 saturated heterocycles. The largest absolute Gasteiger partial charge is 0.0880 e. The molecule has 0 heterocycles. The van der Waals surface area contributed by atoms with Crippen molar-refractivity contribution in [2.24, 2.45) is 59.2 Å². The molecule has 0 aromatic carbocycles. The zero-order chi connectivity index (χ0) is 13.6. The standard InChI is InChI=1S/C21H30/c1-3-12-7-8-13-9-10-15-11-14-4-2-6-17-16(5-1)18(12)20(13)21(15)19(14)17/h2,4,12-21H,1,3,5-11H2. The van der Waals surface area contributed by atoms with Gasteiger partial charge < -0.3 is 0 Å². The van der Waals surface area contributed by atoms with Crippen LogP contribution in [0.25, 0.3) is 0 Å². The Morgan fingerprint density at radius 1 is 0.619 bits per heavy atom. The minimum Gasteiger partial charge on any atom is -0.0880 e. The van der Waals surface area contributed by atoms with E-state index in [0.717, 1.165) is 41.4 Å². The molecule has 0 heteroatoms. The molecule has 0 amide bonds. The molecule has 10 unspecified atom stereocenters. The van der Waals surface area contributed by atoms with Crippen LogP contribution in [0.15, 0.2) is 12.2 Å². The first-order valence-electron chi connectivity index (χ1n) is 10.1. The summed E-state index contributed by atoms with van der Waals surface area (Å²) >= 11 is 0. The van der Waals surface area contributed by atoms with Crippen molar-refractivity contribution in [3.63, 3.8) is 0 Å². The third-order valence-electron chi connectivity index (χ3n) is 9.29. The van der Waals surface area contributed by atoms with Crippen molar-refractivity contribution in [1.29, 1.82) is 0 Å². The van der Waals surface area contributed by atoms with E-state index >= 15 is 0 Å². The second-order valence-electron chi connectivity index (χ2n) is 9.57. The van der Waals surface area contributed by atoms with Crippen molar-refractivity contribution in [1.82, 2.24) is 0 Å². The van der Waals surface area contributed by atoms with Gasteiger partial charge in [-0.25, -0.2) is 0 Å². The third-order valence-corrected chi connectivity index (χ3v) is 9.29. The molecule has 6 aliphatic rings. The van der Waals surface area contributed by atoms with E-state index in [1.54, 1.807) is 51.4 Å². The predicted octanol–water partition coefficient (Wildman–Crippen LogP) is 5.30. The molecule has 6 rings (SSSR count). The van der Waals surface area contributed by atoms with Crippen molar-refractivity contribution in [2.45, 2.75) is 57.8 Å². The highest BCUT2D eigenvalue weighted by Gasteiger charge is 2.63. The van der Waals surface area contributed by atoms with Crippen LogP contribution in [-0.2, 0) is 0 Å². The van der Waals surface area contributed by atoms with Crippen LogP contribution < -0.4 is 0 Å². The smallest absolute Gasteiger partial charge is 0.0197 e. The SMILES string of the molecule is C1=CC2CC3CCC4CCC5CCCC6C(C1)C2C3C4C56. The van der Waals surface area contributed by atoms with Gasteiger partial charge in [0, 0.05) is 0 Å². The summed E-state index contributed by atoms with van der Waals surface area (Å²) in [5, 5.41) is 0. The van der Waals surface area contributed by atoms with Crippen LogP contribution in [0.3, 0.4) is 0 Å².